The molecular formula is C13H20O. The molecule has 0 aliphatic heterocycles. The number of hydrogen-bond donors (Lipinski definition) is 0. The summed E-state index contributed by atoms with van der Waals surface area (Å²) in [6.45, 7) is 8.48. The van der Waals surface area contributed by atoms with Crippen LogP contribution in [0.15, 0.2) is 23.8 Å². The average molecular weight is 192 g/mol. The van der Waals surface area contributed by atoms with Crippen molar-refractivity contribution in [3.63, 3.8) is 0 Å². The second-order valence-corrected chi connectivity index (χ2v) is 5.07. The molecule has 0 saturated carbocycles. The monoisotopic (exact) mass is 192 g/mol. The molecule has 78 valence electrons. The minimum absolute atomic E-state index is 0.106. The fourth-order valence-corrected chi connectivity index (χ4v) is 2.35. The molecular weight excluding hydrogens is 172 g/mol. The van der Waals surface area contributed by atoms with E-state index in [2.05, 4.69) is 26.8 Å². The van der Waals surface area contributed by atoms with Crippen LogP contribution >= 0.6 is 0 Å². The maximum Gasteiger partial charge on any atom is 0.162 e. The Morgan fingerprint density at radius 2 is 2.21 bits per heavy atom. The third-order valence-electron chi connectivity index (χ3n) is 2.71. The number of hydrogen-bond acceptors (Lipinski definition) is 1. The molecule has 1 aliphatic rings. The van der Waals surface area contributed by atoms with Gasteiger partial charge in [0, 0.05) is 5.92 Å². The zero-order valence-electron chi connectivity index (χ0n) is 9.63. The van der Waals surface area contributed by atoms with Crippen LogP contribution in [-0.4, -0.2) is 5.78 Å². The lowest BCUT2D eigenvalue weighted by atomic mass is 9.72. The minimum Gasteiger partial charge on any atom is -0.294 e. The van der Waals surface area contributed by atoms with E-state index in [-0.39, 0.29) is 17.1 Å². The van der Waals surface area contributed by atoms with Gasteiger partial charge in [-0.05, 0) is 38.2 Å². The standard InChI is InChI=1S/C13H20O/c1-5-6-12(14)11-7-10(2)8-13(3,4)9-11/h5-7,11H,8-9H2,1-4H3/b6-5+. The van der Waals surface area contributed by atoms with Crippen molar-refractivity contribution in [3.8, 4) is 0 Å². The average Bonchev–Trinajstić information content (AvgIpc) is 2.00. The molecule has 0 aromatic carbocycles. The van der Waals surface area contributed by atoms with Crippen molar-refractivity contribution >= 4 is 5.78 Å². The Labute approximate surface area is 86.9 Å². The predicted molar refractivity (Wildman–Crippen MR) is 60.1 cm³/mol. The Morgan fingerprint density at radius 1 is 1.57 bits per heavy atom. The molecule has 0 N–H and O–H groups in total. The van der Waals surface area contributed by atoms with Gasteiger partial charge in [0.1, 0.15) is 0 Å². The number of carbonyl (C=O) groups excluding carboxylic acids is 1. The van der Waals surface area contributed by atoms with Crippen LogP contribution in [0.2, 0.25) is 0 Å². The lowest BCUT2D eigenvalue weighted by Gasteiger charge is -2.32. The Kier molecular flexibility index (Phi) is 3.30. The van der Waals surface area contributed by atoms with Crippen LogP contribution in [-0.2, 0) is 4.79 Å². The van der Waals surface area contributed by atoms with Crippen LogP contribution in [0.1, 0.15) is 40.5 Å². The second-order valence-electron chi connectivity index (χ2n) is 5.07. The predicted octanol–water partition coefficient (Wildman–Crippen LogP) is 3.51. The first kappa shape index (κ1) is 11.2. The molecule has 1 aliphatic carbocycles. The summed E-state index contributed by atoms with van der Waals surface area (Å²) in [4.78, 5) is 11.7. The van der Waals surface area contributed by atoms with E-state index in [1.54, 1.807) is 6.08 Å². The third-order valence-corrected chi connectivity index (χ3v) is 2.71. The Bertz CT molecular complexity index is 282. The quantitative estimate of drug-likeness (QED) is 0.483. The van der Waals surface area contributed by atoms with Crippen molar-refractivity contribution in [2.24, 2.45) is 11.3 Å². The van der Waals surface area contributed by atoms with E-state index < -0.39 is 0 Å². The summed E-state index contributed by atoms with van der Waals surface area (Å²) in [5.41, 5.74) is 1.63. The van der Waals surface area contributed by atoms with E-state index in [0.717, 1.165) is 12.8 Å². The molecule has 0 bridgehead atoms. The molecule has 0 spiro atoms. The van der Waals surface area contributed by atoms with Gasteiger partial charge in [-0.3, -0.25) is 4.79 Å². The van der Waals surface area contributed by atoms with Crippen molar-refractivity contribution in [2.75, 3.05) is 0 Å². The van der Waals surface area contributed by atoms with Gasteiger partial charge in [-0.2, -0.15) is 0 Å². The smallest absolute Gasteiger partial charge is 0.162 e. The highest BCUT2D eigenvalue weighted by molar-refractivity contribution is 5.93. The molecule has 0 heterocycles. The van der Waals surface area contributed by atoms with Gasteiger partial charge in [0.2, 0.25) is 0 Å². The SMILES string of the molecule is C/C=C/C(=O)C1C=C(C)CC(C)(C)C1. The highest BCUT2D eigenvalue weighted by atomic mass is 16.1. The summed E-state index contributed by atoms with van der Waals surface area (Å²) in [6.07, 6.45) is 7.75. The van der Waals surface area contributed by atoms with Crippen LogP contribution in [0.3, 0.4) is 0 Å². The molecule has 1 unspecified atom stereocenters. The van der Waals surface area contributed by atoms with E-state index in [1.165, 1.54) is 5.57 Å². The van der Waals surface area contributed by atoms with Gasteiger partial charge in [0.15, 0.2) is 5.78 Å². The Morgan fingerprint density at radius 3 is 2.71 bits per heavy atom. The number of rotatable bonds is 2. The van der Waals surface area contributed by atoms with Crippen molar-refractivity contribution in [1.29, 1.82) is 0 Å². The number of carbonyl (C=O) groups is 1. The maximum atomic E-state index is 11.7. The molecule has 0 fully saturated rings. The molecule has 0 aromatic heterocycles. The normalized spacial score (nSPS) is 26.3. The summed E-state index contributed by atoms with van der Waals surface area (Å²) in [5, 5.41) is 0. The van der Waals surface area contributed by atoms with Crippen molar-refractivity contribution in [1.82, 2.24) is 0 Å². The van der Waals surface area contributed by atoms with Gasteiger partial charge in [0.25, 0.3) is 0 Å². The van der Waals surface area contributed by atoms with Crippen LogP contribution in [0.4, 0.5) is 0 Å². The van der Waals surface area contributed by atoms with Crippen LogP contribution in [0.25, 0.3) is 0 Å². The molecule has 0 radical (unpaired) electrons. The molecule has 14 heavy (non-hydrogen) atoms. The highest BCUT2D eigenvalue weighted by Gasteiger charge is 2.29. The molecule has 1 rings (SSSR count). The summed E-state index contributed by atoms with van der Waals surface area (Å²) >= 11 is 0. The van der Waals surface area contributed by atoms with Crippen molar-refractivity contribution in [2.45, 2.75) is 40.5 Å². The molecule has 0 aromatic rings. The van der Waals surface area contributed by atoms with Gasteiger partial charge in [-0.25, -0.2) is 0 Å². The van der Waals surface area contributed by atoms with E-state index >= 15 is 0 Å². The lowest BCUT2D eigenvalue weighted by molar-refractivity contribution is -0.117. The first-order chi connectivity index (χ1) is 6.44. The first-order valence-electron chi connectivity index (χ1n) is 5.28. The van der Waals surface area contributed by atoms with Gasteiger partial charge < -0.3 is 0 Å². The van der Waals surface area contributed by atoms with Crippen LogP contribution in [0.5, 0.6) is 0 Å². The van der Waals surface area contributed by atoms with Crippen molar-refractivity contribution in [3.05, 3.63) is 23.8 Å². The summed E-state index contributed by atoms with van der Waals surface area (Å²) in [5.74, 6) is 0.356. The maximum absolute atomic E-state index is 11.7. The summed E-state index contributed by atoms with van der Waals surface area (Å²) < 4.78 is 0. The zero-order chi connectivity index (χ0) is 10.8. The molecule has 1 heteroatoms. The number of ketones is 1. The van der Waals surface area contributed by atoms with Gasteiger partial charge in [-0.1, -0.05) is 31.6 Å². The van der Waals surface area contributed by atoms with E-state index in [0.29, 0.717) is 0 Å². The van der Waals surface area contributed by atoms with Crippen molar-refractivity contribution < 1.29 is 4.79 Å². The topological polar surface area (TPSA) is 17.1 Å². The molecule has 1 nitrogen and oxygen atoms in total. The fraction of sp³-hybridized carbons (Fsp3) is 0.615. The summed E-state index contributed by atoms with van der Waals surface area (Å²) in [6, 6.07) is 0. The molecule has 0 saturated heterocycles. The van der Waals surface area contributed by atoms with Gasteiger partial charge >= 0.3 is 0 Å². The Hall–Kier alpha value is -0.850. The van der Waals surface area contributed by atoms with Crippen LogP contribution in [0, 0.1) is 11.3 Å². The lowest BCUT2D eigenvalue weighted by Crippen LogP contribution is -2.25. The molecule has 0 amide bonds. The van der Waals surface area contributed by atoms with Gasteiger partial charge in [0.05, 0.1) is 0 Å². The van der Waals surface area contributed by atoms with E-state index in [4.69, 9.17) is 0 Å². The fourth-order valence-electron chi connectivity index (χ4n) is 2.35. The summed E-state index contributed by atoms with van der Waals surface area (Å²) in [7, 11) is 0. The number of allylic oxidation sites excluding steroid dienone is 4. The van der Waals surface area contributed by atoms with Crippen LogP contribution < -0.4 is 0 Å². The Balaban J connectivity index is 2.81. The van der Waals surface area contributed by atoms with E-state index in [1.807, 2.05) is 13.0 Å². The molecule has 1 atom stereocenters. The third kappa shape index (κ3) is 2.83. The minimum atomic E-state index is 0.106. The van der Waals surface area contributed by atoms with E-state index in [9.17, 15) is 4.79 Å². The first-order valence-corrected chi connectivity index (χ1v) is 5.28. The highest BCUT2D eigenvalue weighted by Crippen LogP contribution is 2.38. The zero-order valence-corrected chi connectivity index (χ0v) is 9.63. The van der Waals surface area contributed by atoms with Gasteiger partial charge in [-0.15, -0.1) is 0 Å². The largest absolute Gasteiger partial charge is 0.294 e. The second kappa shape index (κ2) is 4.12.